The molecule has 3 atom stereocenters. The van der Waals surface area contributed by atoms with Crippen LogP contribution < -0.4 is 10.1 Å². The first-order valence-corrected chi connectivity index (χ1v) is 12.1. The Morgan fingerprint density at radius 1 is 1.35 bits per heavy atom. The molecule has 198 valence electrons. The van der Waals surface area contributed by atoms with Crippen molar-refractivity contribution in [2.45, 2.75) is 26.0 Å². The maximum atomic E-state index is 14.0. The van der Waals surface area contributed by atoms with Crippen molar-refractivity contribution in [1.82, 2.24) is 19.7 Å². The van der Waals surface area contributed by atoms with Gasteiger partial charge in [-0.1, -0.05) is 30.9 Å². The molecule has 1 aromatic heterocycles. The highest BCUT2D eigenvalue weighted by molar-refractivity contribution is 5.97. The van der Waals surface area contributed by atoms with Crippen LogP contribution in [0.25, 0.3) is 0 Å². The summed E-state index contributed by atoms with van der Waals surface area (Å²) in [5, 5.41) is 12.4. The molecular formula is C27H34FN5O4. The van der Waals surface area contributed by atoms with Crippen LogP contribution >= 0.6 is 0 Å². The zero-order valence-corrected chi connectivity index (χ0v) is 21.9. The van der Waals surface area contributed by atoms with E-state index in [-0.39, 0.29) is 42.1 Å². The summed E-state index contributed by atoms with van der Waals surface area (Å²) >= 11 is 0. The zero-order chi connectivity index (χ0) is 27.1. The largest absolute Gasteiger partial charge is 0.472 e. The SMILES string of the molecule is C[C@H]1CN([C@@H](C)CO)C(=O)c2cc(C#CCN(C)C)cnc2O[C@H]1CN(C)C(=O)Nc1ccccc1F. The average molecular weight is 512 g/mol. The van der Waals surface area contributed by atoms with E-state index in [1.807, 2.05) is 25.9 Å². The summed E-state index contributed by atoms with van der Waals surface area (Å²) in [6, 6.07) is 6.63. The van der Waals surface area contributed by atoms with Crippen molar-refractivity contribution >= 4 is 17.6 Å². The van der Waals surface area contributed by atoms with E-state index in [1.54, 1.807) is 43.3 Å². The number of anilines is 1. The monoisotopic (exact) mass is 511 g/mol. The van der Waals surface area contributed by atoms with Crippen LogP contribution in [0.2, 0.25) is 0 Å². The number of aliphatic hydroxyl groups is 1. The van der Waals surface area contributed by atoms with E-state index < -0.39 is 24.0 Å². The second-order valence-corrected chi connectivity index (χ2v) is 9.53. The lowest BCUT2D eigenvalue weighted by Crippen LogP contribution is -2.50. The molecule has 0 aliphatic carbocycles. The highest BCUT2D eigenvalue weighted by atomic mass is 19.1. The molecule has 1 aromatic carbocycles. The summed E-state index contributed by atoms with van der Waals surface area (Å²) in [5.41, 5.74) is 0.891. The average Bonchev–Trinajstić information content (AvgIpc) is 2.87. The van der Waals surface area contributed by atoms with Gasteiger partial charge >= 0.3 is 6.03 Å². The molecule has 3 amide bonds. The van der Waals surface area contributed by atoms with E-state index in [4.69, 9.17) is 4.74 Å². The number of fused-ring (bicyclic) bond motifs is 1. The number of pyridine rings is 1. The highest BCUT2D eigenvalue weighted by Crippen LogP contribution is 2.27. The van der Waals surface area contributed by atoms with Crippen LogP contribution in [0.4, 0.5) is 14.9 Å². The van der Waals surface area contributed by atoms with Gasteiger partial charge in [-0.05, 0) is 39.2 Å². The molecule has 37 heavy (non-hydrogen) atoms. The van der Waals surface area contributed by atoms with Crippen LogP contribution in [0.3, 0.4) is 0 Å². The summed E-state index contributed by atoms with van der Waals surface area (Å²) in [6.45, 7) is 4.47. The van der Waals surface area contributed by atoms with Gasteiger partial charge in [0.15, 0.2) is 0 Å². The zero-order valence-electron chi connectivity index (χ0n) is 21.9. The smallest absolute Gasteiger partial charge is 0.321 e. The lowest BCUT2D eigenvalue weighted by Gasteiger charge is -2.37. The lowest BCUT2D eigenvalue weighted by molar-refractivity contribution is 0.0356. The topological polar surface area (TPSA) is 98.2 Å². The van der Waals surface area contributed by atoms with E-state index >= 15 is 0 Å². The summed E-state index contributed by atoms with van der Waals surface area (Å²) in [6.07, 6.45) is 1.02. The quantitative estimate of drug-likeness (QED) is 0.579. The molecule has 9 nitrogen and oxygen atoms in total. The fourth-order valence-electron chi connectivity index (χ4n) is 3.81. The third kappa shape index (κ3) is 7.18. The number of hydrogen-bond acceptors (Lipinski definition) is 6. The number of nitrogens with zero attached hydrogens (tertiary/aromatic N) is 4. The number of aliphatic hydroxyl groups excluding tert-OH is 1. The van der Waals surface area contributed by atoms with Gasteiger partial charge in [0.05, 0.1) is 31.4 Å². The Bertz CT molecular complexity index is 1180. The molecule has 1 aliphatic heterocycles. The fraction of sp³-hybridized carbons (Fsp3) is 0.444. The van der Waals surface area contributed by atoms with Crippen LogP contribution in [0.15, 0.2) is 36.5 Å². The number of aromatic nitrogens is 1. The second kappa shape index (κ2) is 12.5. The Morgan fingerprint density at radius 3 is 2.76 bits per heavy atom. The lowest BCUT2D eigenvalue weighted by atomic mass is 10.00. The first-order valence-electron chi connectivity index (χ1n) is 12.1. The molecule has 0 spiro atoms. The number of rotatable bonds is 6. The molecule has 2 N–H and O–H groups in total. The van der Waals surface area contributed by atoms with Gasteiger partial charge in [-0.25, -0.2) is 14.2 Å². The summed E-state index contributed by atoms with van der Waals surface area (Å²) in [4.78, 5) is 35.6. The molecule has 1 aliphatic rings. The van der Waals surface area contributed by atoms with E-state index in [9.17, 15) is 19.1 Å². The molecule has 0 saturated heterocycles. The van der Waals surface area contributed by atoms with Crippen LogP contribution in [-0.2, 0) is 0 Å². The van der Waals surface area contributed by atoms with Gasteiger partial charge in [0, 0.05) is 31.3 Å². The Kier molecular flexibility index (Phi) is 9.44. The molecule has 0 bridgehead atoms. The summed E-state index contributed by atoms with van der Waals surface area (Å²) < 4.78 is 20.2. The van der Waals surface area contributed by atoms with Gasteiger partial charge in [-0.3, -0.25) is 9.69 Å². The number of carbonyl (C=O) groups is 2. The molecule has 2 heterocycles. The number of urea groups is 1. The van der Waals surface area contributed by atoms with Gasteiger partial charge in [0.2, 0.25) is 5.88 Å². The van der Waals surface area contributed by atoms with Gasteiger partial charge in [-0.2, -0.15) is 0 Å². The van der Waals surface area contributed by atoms with Crippen LogP contribution in [-0.4, -0.2) is 96.3 Å². The third-order valence-electron chi connectivity index (χ3n) is 6.07. The molecule has 10 heteroatoms. The summed E-state index contributed by atoms with van der Waals surface area (Å²) in [5.74, 6) is 5.12. The first-order chi connectivity index (χ1) is 17.6. The minimum Gasteiger partial charge on any atom is -0.472 e. The number of ether oxygens (including phenoxy) is 1. The van der Waals surface area contributed by atoms with Crippen molar-refractivity contribution in [3.63, 3.8) is 0 Å². The number of amides is 3. The first kappa shape index (κ1) is 27.9. The van der Waals surface area contributed by atoms with Crippen molar-refractivity contribution < 1.29 is 23.8 Å². The minimum atomic E-state index is -0.533. The second-order valence-electron chi connectivity index (χ2n) is 9.53. The fourth-order valence-corrected chi connectivity index (χ4v) is 3.81. The Balaban J connectivity index is 1.88. The Morgan fingerprint density at radius 2 is 2.08 bits per heavy atom. The van der Waals surface area contributed by atoms with E-state index in [0.717, 1.165) is 0 Å². The summed E-state index contributed by atoms with van der Waals surface area (Å²) in [7, 11) is 5.41. The normalized spacial score (nSPS) is 18.1. The van der Waals surface area contributed by atoms with Crippen molar-refractivity contribution in [1.29, 1.82) is 0 Å². The standard InChI is InChI=1S/C27H34FN5O4/c1-18-15-33(19(2)17-34)26(35)21-13-20(9-8-12-31(3)4)14-29-25(21)37-24(18)16-32(5)27(36)30-23-11-7-6-10-22(23)28/h6-7,10-11,13-14,18-19,24,34H,12,15-17H2,1-5H3,(H,30,36)/t18-,19-,24-/m0/s1. The van der Waals surface area contributed by atoms with Crippen LogP contribution in [0.5, 0.6) is 5.88 Å². The van der Waals surface area contributed by atoms with Gasteiger partial charge in [-0.15, -0.1) is 0 Å². The van der Waals surface area contributed by atoms with Gasteiger partial charge in [0.25, 0.3) is 5.91 Å². The van der Waals surface area contributed by atoms with Crippen molar-refractivity contribution in [2.24, 2.45) is 5.92 Å². The molecule has 0 unspecified atom stereocenters. The van der Waals surface area contributed by atoms with E-state index in [1.165, 1.54) is 17.0 Å². The molecule has 0 fully saturated rings. The predicted molar refractivity (Wildman–Crippen MR) is 139 cm³/mol. The third-order valence-corrected chi connectivity index (χ3v) is 6.07. The Hall–Kier alpha value is -3.68. The number of nitrogens with one attached hydrogen (secondary N) is 1. The van der Waals surface area contributed by atoms with Crippen molar-refractivity contribution in [3.05, 3.63) is 53.5 Å². The maximum absolute atomic E-state index is 14.0. The number of halogens is 1. The number of para-hydroxylation sites is 1. The molecule has 3 rings (SSSR count). The molecular weight excluding hydrogens is 477 g/mol. The van der Waals surface area contributed by atoms with Crippen LogP contribution in [0, 0.1) is 23.6 Å². The molecule has 2 aromatic rings. The maximum Gasteiger partial charge on any atom is 0.321 e. The highest BCUT2D eigenvalue weighted by Gasteiger charge is 2.34. The van der Waals surface area contributed by atoms with E-state index in [2.05, 4.69) is 22.1 Å². The number of benzene rings is 1. The van der Waals surface area contributed by atoms with Gasteiger partial charge in [0.1, 0.15) is 17.5 Å². The van der Waals surface area contributed by atoms with Gasteiger partial charge < -0.3 is 25.0 Å². The van der Waals surface area contributed by atoms with Crippen molar-refractivity contribution in [2.75, 3.05) is 52.7 Å². The minimum absolute atomic E-state index is 0.0782. The predicted octanol–water partition coefficient (Wildman–Crippen LogP) is 2.52. The van der Waals surface area contributed by atoms with E-state index in [0.29, 0.717) is 18.7 Å². The van der Waals surface area contributed by atoms with Crippen LogP contribution in [0.1, 0.15) is 29.8 Å². The molecule has 0 saturated carbocycles. The Labute approximate surface area is 217 Å². The number of likely N-dealkylation sites (N-methyl/N-ethyl adjacent to an activating group) is 1. The number of hydrogen-bond donors (Lipinski definition) is 2. The van der Waals surface area contributed by atoms with Crippen molar-refractivity contribution in [3.8, 4) is 17.7 Å². The molecule has 0 radical (unpaired) electrons. The number of carbonyl (C=O) groups excluding carboxylic acids is 2.